The number of halogens is 1. The van der Waals surface area contributed by atoms with Crippen molar-refractivity contribution in [2.45, 2.75) is 32.2 Å². The fourth-order valence-electron chi connectivity index (χ4n) is 2.86. The van der Waals surface area contributed by atoms with E-state index in [0.29, 0.717) is 18.5 Å². The Morgan fingerprint density at radius 3 is 2.82 bits per heavy atom. The average molecular weight is 321 g/mol. The van der Waals surface area contributed by atoms with Crippen LogP contribution >= 0.6 is 11.6 Å². The third-order valence-corrected chi connectivity index (χ3v) is 4.50. The number of aryl methyl sites for hydroxylation is 1. The lowest BCUT2D eigenvalue weighted by Gasteiger charge is -2.25. The highest BCUT2D eigenvalue weighted by Gasteiger charge is 2.29. The fourth-order valence-corrected chi connectivity index (χ4v) is 3.07. The number of ether oxygens (including phenoxy) is 1. The normalized spacial score (nSPS) is 17.6. The van der Waals surface area contributed by atoms with Crippen molar-refractivity contribution in [1.29, 1.82) is 0 Å². The summed E-state index contributed by atoms with van der Waals surface area (Å²) in [6, 6.07) is 3.53. The van der Waals surface area contributed by atoms with E-state index in [1.807, 2.05) is 11.5 Å². The molecule has 5 nitrogen and oxygen atoms in total. The minimum Gasteiger partial charge on any atom is -0.465 e. The van der Waals surface area contributed by atoms with Gasteiger partial charge in [0.25, 0.3) is 0 Å². The second kappa shape index (κ2) is 5.72. The van der Waals surface area contributed by atoms with E-state index in [0.717, 1.165) is 28.8 Å². The summed E-state index contributed by atoms with van der Waals surface area (Å²) in [5.74, 6) is 0.916. The van der Waals surface area contributed by atoms with Crippen molar-refractivity contribution in [1.82, 2.24) is 9.55 Å². The van der Waals surface area contributed by atoms with Crippen molar-refractivity contribution >= 4 is 34.4 Å². The zero-order valence-corrected chi connectivity index (χ0v) is 13.3. The van der Waals surface area contributed by atoms with Crippen LogP contribution in [0.5, 0.6) is 0 Å². The lowest BCUT2D eigenvalue weighted by atomic mass is 9.84. The molecule has 1 aliphatic rings. The Morgan fingerprint density at radius 1 is 1.50 bits per heavy atom. The van der Waals surface area contributed by atoms with Crippen molar-refractivity contribution in [3.8, 4) is 0 Å². The molecule has 0 amide bonds. The van der Waals surface area contributed by atoms with Crippen LogP contribution in [0, 0.1) is 12.8 Å². The summed E-state index contributed by atoms with van der Waals surface area (Å²) in [7, 11) is 1.36. The average Bonchev–Trinajstić information content (AvgIpc) is 2.88. The summed E-state index contributed by atoms with van der Waals surface area (Å²) < 4.78 is 6.76. The maximum atomic E-state index is 11.8. The molecular weight excluding hydrogens is 304 g/mol. The first-order valence-electron chi connectivity index (χ1n) is 7.22. The van der Waals surface area contributed by atoms with Crippen LogP contribution in [-0.4, -0.2) is 28.4 Å². The first-order chi connectivity index (χ1) is 10.5. The molecule has 1 aromatic heterocycles. The minimum absolute atomic E-state index is 0.0291. The molecule has 1 aliphatic carbocycles. The van der Waals surface area contributed by atoms with Gasteiger partial charge in [-0.3, -0.25) is 4.79 Å². The summed E-state index contributed by atoms with van der Waals surface area (Å²) >= 11 is 6.01. The molecule has 0 spiro atoms. The SMILES string of the molecule is COC(=O)c1cc(C)c2nc(CCl)n(C[C@@H]3CCC3=O)c2c1. The fraction of sp³-hybridized carbons (Fsp3) is 0.438. The Bertz CT molecular complexity index is 766. The molecule has 1 saturated carbocycles. The van der Waals surface area contributed by atoms with Gasteiger partial charge >= 0.3 is 5.97 Å². The molecule has 0 saturated heterocycles. The molecule has 116 valence electrons. The maximum absolute atomic E-state index is 11.8. The number of carbonyl (C=O) groups is 2. The number of imidazole rings is 1. The van der Waals surface area contributed by atoms with E-state index in [9.17, 15) is 9.59 Å². The molecule has 0 radical (unpaired) electrons. The zero-order valence-electron chi connectivity index (χ0n) is 12.6. The van der Waals surface area contributed by atoms with Gasteiger partial charge in [0.2, 0.25) is 0 Å². The summed E-state index contributed by atoms with van der Waals surface area (Å²) in [6.07, 6.45) is 1.55. The number of ketones is 1. The Kier molecular flexibility index (Phi) is 3.91. The molecule has 3 rings (SSSR count). The van der Waals surface area contributed by atoms with Crippen LogP contribution in [0.25, 0.3) is 11.0 Å². The summed E-state index contributed by atoms with van der Waals surface area (Å²) in [5.41, 5.74) is 3.02. The van der Waals surface area contributed by atoms with Gasteiger partial charge in [-0.15, -0.1) is 11.6 Å². The van der Waals surface area contributed by atoms with Gasteiger partial charge < -0.3 is 9.30 Å². The van der Waals surface area contributed by atoms with E-state index in [1.165, 1.54) is 7.11 Å². The second-order valence-electron chi connectivity index (χ2n) is 5.63. The van der Waals surface area contributed by atoms with Crippen LogP contribution in [0.15, 0.2) is 12.1 Å². The smallest absolute Gasteiger partial charge is 0.337 e. The Hall–Kier alpha value is -1.88. The molecule has 0 aliphatic heterocycles. The monoisotopic (exact) mass is 320 g/mol. The summed E-state index contributed by atoms with van der Waals surface area (Å²) in [4.78, 5) is 28.0. The molecule has 2 aromatic rings. The predicted octanol–water partition coefficient (Wildman–Crippen LogP) is 2.85. The van der Waals surface area contributed by atoms with Gasteiger partial charge in [0.15, 0.2) is 0 Å². The Labute approximate surface area is 133 Å². The van der Waals surface area contributed by atoms with Gasteiger partial charge in [0.05, 0.1) is 29.6 Å². The third-order valence-electron chi connectivity index (χ3n) is 4.26. The minimum atomic E-state index is -0.384. The Morgan fingerprint density at radius 2 is 2.27 bits per heavy atom. The molecule has 22 heavy (non-hydrogen) atoms. The molecule has 1 aromatic carbocycles. The van der Waals surface area contributed by atoms with E-state index in [1.54, 1.807) is 12.1 Å². The number of benzene rings is 1. The number of nitrogens with zero attached hydrogens (tertiary/aromatic N) is 2. The molecule has 1 fully saturated rings. The highest BCUT2D eigenvalue weighted by Crippen LogP contribution is 2.29. The number of hydrogen-bond donors (Lipinski definition) is 0. The first kappa shape index (κ1) is 15.0. The van der Waals surface area contributed by atoms with Crippen molar-refractivity contribution in [2.24, 2.45) is 5.92 Å². The number of carbonyl (C=O) groups excluding carboxylic acids is 2. The molecule has 0 bridgehead atoms. The lowest BCUT2D eigenvalue weighted by molar-refractivity contribution is -0.129. The van der Waals surface area contributed by atoms with Crippen molar-refractivity contribution in [2.75, 3.05) is 7.11 Å². The van der Waals surface area contributed by atoms with Crippen molar-refractivity contribution < 1.29 is 14.3 Å². The number of rotatable bonds is 4. The van der Waals surface area contributed by atoms with Crippen LogP contribution in [0.3, 0.4) is 0 Å². The molecule has 6 heteroatoms. The van der Waals surface area contributed by atoms with Gasteiger partial charge in [-0.25, -0.2) is 9.78 Å². The van der Waals surface area contributed by atoms with E-state index in [4.69, 9.17) is 16.3 Å². The highest BCUT2D eigenvalue weighted by molar-refractivity contribution is 6.17. The number of esters is 1. The van der Waals surface area contributed by atoms with Crippen LogP contribution in [0.1, 0.15) is 34.6 Å². The van der Waals surface area contributed by atoms with Crippen molar-refractivity contribution in [3.05, 3.63) is 29.1 Å². The maximum Gasteiger partial charge on any atom is 0.337 e. The van der Waals surface area contributed by atoms with Gasteiger partial charge in [-0.1, -0.05) is 0 Å². The summed E-state index contributed by atoms with van der Waals surface area (Å²) in [6.45, 7) is 2.47. The number of methoxy groups -OCH3 is 1. The van der Waals surface area contributed by atoms with Gasteiger partial charge in [0, 0.05) is 18.9 Å². The number of aromatic nitrogens is 2. The molecule has 0 unspecified atom stereocenters. The van der Waals surface area contributed by atoms with E-state index < -0.39 is 0 Å². The number of alkyl halides is 1. The molecule has 1 atom stereocenters. The number of Topliss-reactive ketones (excluding diaryl/α,β-unsaturated/α-hetero) is 1. The van der Waals surface area contributed by atoms with Crippen LogP contribution in [0.2, 0.25) is 0 Å². The summed E-state index contributed by atoms with van der Waals surface area (Å²) in [5, 5.41) is 0. The highest BCUT2D eigenvalue weighted by atomic mass is 35.5. The topological polar surface area (TPSA) is 61.2 Å². The lowest BCUT2D eigenvalue weighted by Crippen LogP contribution is -2.30. The standard InChI is InChI=1S/C16H17ClN2O3/c1-9-5-11(16(21)22-2)6-12-15(9)18-14(7-17)19(12)8-10-3-4-13(10)20/h5-6,10H,3-4,7-8H2,1-2H3/t10-/m0/s1. The number of hydrogen-bond acceptors (Lipinski definition) is 4. The van der Waals surface area contributed by atoms with Gasteiger partial charge in [-0.2, -0.15) is 0 Å². The Balaban J connectivity index is 2.12. The van der Waals surface area contributed by atoms with Crippen LogP contribution < -0.4 is 0 Å². The first-order valence-corrected chi connectivity index (χ1v) is 7.75. The van der Waals surface area contributed by atoms with Crippen LogP contribution in [0.4, 0.5) is 0 Å². The van der Waals surface area contributed by atoms with E-state index in [2.05, 4.69) is 4.98 Å². The largest absolute Gasteiger partial charge is 0.465 e. The predicted molar refractivity (Wildman–Crippen MR) is 83.1 cm³/mol. The molecule has 0 N–H and O–H groups in total. The third kappa shape index (κ3) is 2.39. The van der Waals surface area contributed by atoms with E-state index in [-0.39, 0.29) is 23.6 Å². The molecular formula is C16H17ClN2O3. The van der Waals surface area contributed by atoms with Gasteiger partial charge in [0.1, 0.15) is 11.6 Å². The van der Waals surface area contributed by atoms with E-state index >= 15 is 0 Å². The zero-order chi connectivity index (χ0) is 15.9. The van der Waals surface area contributed by atoms with Crippen LogP contribution in [-0.2, 0) is 22.0 Å². The van der Waals surface area contributed by atoms with Crippen molar-refractivity contribution in [3.63, 3.8) is 0 Å². The number of fused-ring (bicyclic) bond motifs is 1. The molecule has 1 heterocycles. The second-order valence-corrected chi connectivity index (χ2v) is 5.89. The van der Waals surface area contributed by atoms with Gasteiger partial charge in [-0.05, 0) is 31.0 Å². The quantitative estimate of drug-likeness (QED) is 0.642.